The van der Waals surface area contributed by atoms with Gasteiger partial charge >= 0.3 is 0 Å². The molecule has 0 fully saturated rings. The van der Waals surface area contributed by atoms with Crippen molar-refractivity contribution in [2.24, 2.45) is 11.5 Å². The largest absolute Gasteiger partial charge is 0.508 e. The van der Waals surface area contributed by atoms with Gasteiger partial charge in [-0.3, -0.25) is 19.2 Å². The van der Waals surface area contributed by atoms with Gasteiger partial charge in [0.15, 0.2) is 0 Å². The Morgan fingerprint density at radius 3 is 1.81 bits per heavy atom. The van der Waals surface area contributed by atoms with Crippen LogP contribution in [0.1, 0.15) is 23.6 Å². The molecule has 0 unspecified atom stereocenters. The molecule has 0 saturated heterocycles. The summed E-state index contributed by atoms with van der Waals surface area (Å²) in [6.07, 6.45) is 0.298. The minimum atomic E-state index is -1.17. The van der Waals surface area contributed by atoms with Gasteiger partial charge in [0.1, 0.15) is 29.7 Å². The van der Waals surface area contributed by atoms with Crippen LogP contribution in [0.3, 0.4) is 0 Å². The fraction of sp³-hybridized carbons (Fsp3) is 0.267. The van der Waals surface area contributed by atoms with Crippen LogP contribution < -0.4 is 27.4 Å². The Kier molecular flexibility index (Phi) is 12.9. The number of amides is 4. The molecule has 12 heteroatoms. The normalized spacial score (nSPS) is 13.4. The SMILES string of the molecule is C[C@@H](NC(=O)[C@@H](N)Cc1ccc(O)cc1)C(=O)N[C@@H](Cc1ccc(F)cc1)C(=O)N[C@@H](Cc1ccccc1)C(N)=O.Cl. The number of carbonyl (C=O) groups is 4. The quantitative estimate of drug-likeness (QED) is 0.172. The van der Waals surface area contributed by atoms with Crippen LogP contribution >= 0.6 is 12.4 Å². The second-order valence-electron chi connectivity index (χ2n) is 9.75. The lowest BCUT2D eigenvalue weighted by atomic mass is 10.0. The first kappa shape index (κ1) is 33.7. The number of nitrogens with one attached hydrogen (secondary N) is 3. The van der Waals surface area contributed by atoms with Crippen LogP contribution in [0, 0.1) is 5.82 Å². The maximum atomic E-state index is 13.4. The van der Waals surface area contributed by atoms with Crippen molar-refractivity contribution in [2.45, 2.75) is 50.4 Å². The van der Waals surface area contributed by atoms with Crippen LogP contribution in [0.5, 0.6) is 5.75 Å². The van der Waals surface area contributed by atoms with E-state index in [1.54, 1.807) is 36.4 Å². The van der Waals surface area contributed by atoms with E-state index in [4.69, 9.17) is 11.5 Å². The third kappa shape index (κ3) is 10.5. The molecule has 0 heterocycles. The van der Waals surface area contributed by atoms with Gasteiger partial charge in [-0.15, -0.1) is 12.4 Å². The first-order valence-corrected chi connectivity index (χ1v) is 13.0. The predicted octanol–water partition coefficient (Wildman–Crippen LogP) is 1.27. The molecule has 0 aliphatic rings. The molecule has 8 N–H and O–H groups in total. The second kappa shape index (κ2) is 16.1. The van der Waals surface area contributed by atoms with Gasteiger partial charge in [0, 0.05) is 12.8 Å². The van der Waals surface area contributed by atoms with Gasteiger partial charge < -0.3 is 32.5 Å². The zero-order valence-corrected chi connectivity index (χ0v) is 23.8. The molecule has 3 aromatic rings. The number of rotatable bonds is 13. The van der Waals surface area contributed by atoms with E-state index in [0.717, 1.165) is 11.1 Å². The second-order valence-corrected chi connectivity index (χ2v) is 9.75. The molecule has 0 spiro atoms. The van der Waals surface area contributed by atoms with Crippen molar-refractivity contribution in [3.63, 3.8) is 0 Å². The van der Waals surface area contributed by atoms with E-state index in [0.29, 0.717) is 5.56 Å². The number of nitrogens with two attached hydrogens (primary N) is 2. The van der Waals surface area contributed by atoms with Crippen LogP contribution in [0.15, 0.2) is 78.9 Å². The van der Waals surface area contributed by atoms with E-state index in [-0.39, 0.29) is 37.4 Å². The fourth-order valence-corrected chi connectivity index (χ4v) is 4.07. The molecule has 3 rings (SSSR count). The summed E-state index contributed by atoms with van der Waals surface area (Å²) in [4.78, 5) is 51.1. The van der Waals surface area contributed by atoms with E-state index < -0.39 is 53.6 Å². The van der Waals surface area contributed by atoms with Gasteiger partial charge in [0.2, 0.25) is 23.6 Å². The van der Waals surface area contributed by atoms with Crippen molar-refractivity contribution in [3.8, 4) is 5.75 Å². The summed E-state index contributed by atoms with van der Waals surface area (Å²) in [5.74, 6) is -3.07. The molecule has 0 aromatic heterocycles. The van der Waals surface area contributed by atoms with Gasteiger partial charge in [-0.05, 0) is 54.3 Å². The zero-order chi connectivity index (χ0) is 29.9. The Hall–Kier alpha value is -4.48. The molecule has 10 nitrogen and oxygen atoms in total. The number of hydrogen-bond donors (Lipinski definition) is 6. The van der Waals surface area contributed by atoms with Gasteiger partial charge in [-0.1, -0.05) is 54.6 Å². The molecule has 4 amide bonds. The molecule has 0 aliphatic heterocycles. The number of benzene rings is 3. The van der Waals surface area contributed by atoms with Gasteiger partial charge in [0.05, 0.1) is 6.04 Å². The van der Waals surface area contributed by atoms with E-state index >= 15 is 0 Å². The molecule has 0 aliphatic carbocycles. The maximum absolute atomic E-state index is 13.4. The topological polar surface area (TPSA) is 177 Å². The highest BCUT2D eigenvalue weighted by molar-refractivity contribution is 5.94. The highest BCUT2D eigenvalue weighted by atomic mass is 35.5. The van der Waals surface area contributed by atoms with Crippen molar-refractivity contribution < 1.29 is 28.7 Å². The number of halogens is 2. The summed E-state index contributed by atoms with van der Waals surface area (Å²) in [6, 6.07) is 16.4. The summed E-state index contributed by atoms with van der Waals surface area (Å²) in [7, 11) is 0. The van der Waals surface area contributed by atoms with Crippen molar-refractivity contribution in [1.29, 1.82) is 0 Å². The molecule has 224 valence electrons. The lowest BCUT2D eigenvalue weighted by Gasteiger charge is -2.24. The van der Waals surface area contributed by atoms with Crippen LogP contribution in [0.4, 0.5) is 4.39 Å². The average molecular weight is 600 g/mol. The van der Waals surface area contributed by atoms with Crippen molar-refractivity contribution in [3.05, 3.63) is 101 Å². The first-order chi connectivity index (χ1) is 19.5. The third-order valence-electron chi connectivity index (χ3n) is 6.41. The lowest BCUT2D eigenvalue weighted by molar-refractivity contribution is -0.133. The standard InChI is InChI=1S/C30H34FN5O5.ClH/c1-18(34-29(40)24(32)15-20-9-13-23(37)14-10-20)28(39)36-26(17-21-7-11-22(31)12-8-21)30(41)35-25(27(33)38)16-19-5-3-2-4-6-19;/h2-14,18,24-26,37H,15-17,32H2,1H3,(H2,33,38)(H,34,40)(H,35,41)(H,36,39);1H/t18-,24+,25+,26+;/m1./s1. The molecule has 3 aromatic carbocycles. The summed E-state index contributed by atoms with van der Waals surface area (Å²) in [6.45, 7) is 1.44. The number of phenols is 1. The summed E-state index contributed by atoms with van der Waals surface area (Å²) in [5, 5.41) is 17.2. The molecular weight excluding hydrogens is 565 g/mol. The Morgan fingerprint density at radius 2 is 1.21 bits per heavy atom. The average Bonchev–Trinajstić information content (AvgIpc) is 2.95. The molecular formula is C30H35ClFN5O5. The minimum absolute atomic E-state index is 0. The van der Waals surface area contributed by atoms with Gasteiger partial charge in [-0.2, -0.15) is 0 Å². The summed E-state index contributed by atoms with van der Waals surface area (Å²) >= 11 is 0. The molecule has 0 bridgehead atoms. The van der Waals surface area contributed by atoms with Crippen molar-refractivity contribution in [1.82, 2.24) is 16.0 Å². The Morgan fingerprint density at radius 1 is 0.714 bits per heavy atom. The van der Waals surface area contributed by atoms with E-state index in [9.17, 15) is 28.7 Å². The minimum Gasteiger partial charge on any atom is -0.508 e. The van der Waals surface area contributed by atoms with Crippen LogP contribution in [0.25, 0.3) is 0 Å². The fourth-order valence-electron chi connectivity index (χ4n) is 4.07. The summed E-state index contributed by atoms with van der Waals surface area (Å²) < 4.78 is 13.4. The lowest BCUT2D eigenvalue weighted by Crippen LogP contribution is -2.57. The number of hydrogen-bond acceptors (Lipinski definition) is 6. The molecule has 0 saturated carbocycles. The van der Waals surface area contributed by atoms with Crippen LogP contribution in [-0.2, 0) is 38.4 Å². The maximum Gasteiger partial charge on any atom is 0.243 e. The molecule has 42 heavy (non-hydrogen) atoms. The zero-order valence-electron chi connectivity index (χ0n) is 23.0. The number of primary amides is 1. The highest BCUT2D eigenvalue weighted by Crippen LogP contribution is 2.11. The Bertz CT molecular complexity index is 1340. The predicted molar refractivity (Wildman–Crippen MR) is 158 cm³/mol. The third-order valence-corrected chi connectivity index (χ3v) is 6.41. The summed E-state index contributed by atoms with van der Waals surface area (Å²) in [5.41, 5.74) is 13.6. The number of aromatic hydroxyl groups is 1. The Balaban J connectivity index is 0.00000616. The smallest absolute Gasteiger partial charge is 0.243 e. The van der Waals surface area contributed by atoms with Crippen molar-refractivity contribution in [2.75, 3.05) is 0 Å². The van der Waals surface area contributed by atoms with Crippen molar-refractivity contribution >= 4 is 36.0 Å². The van der Waals surface area contributed by atoms with Crippen LogP contribution in [-0.4, -0.2) is 52.9 Å². The first-order valence-electron chi connectivity index (χ1n) is 13.0. The van der Waals surface area contributed by atoms with Crippen LogP contribution in [0.2, 0.25) is 0 Å². The molecule has 4 atom stereocenters. The number of phenolic OH excluding ortho intramolecular Hbond substituents is 1. The molecule has 0 radical (unpaired) electrons. The van der Waals surface area contributed by atoms with Gasteiger partial charge in [-0.25, -0.2) is 4.39 Å². The number of carbonyl (C=O) groups excluding carboxylic acids is 4. The van der Waals surface area contributed by atoms with E-state index in [2.05, 4.69) is 16.0 Å². The Labute approximate surface area is 249 Å². The monoisotopic (exact) mass is 599 g/mol. The van der Waals surface area contributed by atoms with E-state index in [1.807, 2.05) is 6.07 Å². The van der Waals surface area contributed by atoms with E-state index in [1.165, 1.54) is 43.3 Å². The van der Waals surface area contributed by atoms with Gasteiger partial charge in [0.25, 0.3) is 0 Å². The highest BCUT2D eigenvalue weighted by Gasteiger charge is 2.28.